The number of fused-ring (bicyclic) bond motifs is 1. The van der Waals surface area contributed by atoms with Crippen LogP contribution in [0.1, 0.15) is 37.4 Å². The van der Waals surface area contributed by atoms with Crippen LogP contribution in [0.15, 0.2) is 75.9 Å². The van der Waals surface area contributed by atoms with Crippen LogP contribution in [0, 0.1) is 12.7 Å². The maximum absolute atomic E-state index is 14.9. The van der Waals surface area contributed by atoms with Gasteiger partial charge in [-0.15, -0.1) is 0 Å². The average Bonchev–Trinajstić information content (AvgIpc) is 3.17. The molecule has 1 N–H and O–H groups in total. The number of halogens is 1. The topological polar surface area (TPSA) is 71.0 Å². The molecule has 2 aromatic rings. The number of nitrogens with zero attached hydrogens (tertiary/aromatic N) is 2. The van der Waals surface area contributed by atoms with E-state index in [0.717, 1.165) is 5.56 Å². The Morgan fingerprint density at radius 3 is 2.58 bits per heavy atom. The van der Waals surface area contributed by atoms with Crippen molar-refractivity contribution in [1.29, 1.82) is 0 Å². The number of hydrogen-bond acceptors (Lipinski definition) is 6. The van der Waals surface area contributed by atoms with Crippen molar-refractivity contribution >= 4 is 34.5 Å². The number of benzene rings is 2. The van der Waals surface area contributed by atoms with Crippen molar-refractivity contribution in [2.45, 2.75) is 33.2 Å². The smallest absolute Gasteiger partial charge is 0.338 e. The van der Waals surface area contributed by atoms with Crippen molar-refractivity contribution < 1.29 is 18.7 Å². The molecule has 0 unspecified atom stereocenters. The van der Waals surface area contributed by atoms with Gasteiger partial charge >= 0.3 is 5.97 Å². The van der Waals surface area contributed by atoms with Crippen LogP contribution in [0.5, 0.6) is 0 Å². The molecule has 4 rings (SSSR count). The fourth-order valence-electron chi connectivity index (χ4n) is 3.84. The number of allylic oxidation sites excluding steroid dienone is 1. The Balaban J connectivity index is 1.67. The fraction of sp³-hybridized carbons (Fsp3) is 0.240. The number of ether oxygens (including phenoxy) is 1. The molecule has 0 spiro atoms. The van der Waals surface area contributed by atoms with Crippen LogP contribution in [0.25, 0.3) is 0 Å². The molecule has 0 aliphatic carbocycles. The van der Waals surface area contributed by atoms with Crippen LogP contribution in [-0.2, 0) is 14.3 Å². The molecule has 0 fully saturated rings. The van der Waals surface area contributed by atoms with Gasteiger partial charge in [-0.25, -0.2) is 14.2 Å². The number of aliphatic imine (C=N–C) groups is 1. The first-order chi connectivity index (χ1) is 15.9. The van der Waals surface area contributed by atoms with Gasteiger partial charge in [-0.2, -0.15) is 0 Å². The van der Waals surface area contributed by atoms with Crippen molar-refractivity contribution in [3.05, 3.63) is 87.9 Å². The highest BCUT2D eigenvalue weighted by atomic mass is 32.2. The predicted octanol–water partition coefficient (Wildman–Crippen LogP) is 5.30. The van der Waals surface area contributed by atoms with Gasteiger partial charge in [0.2, 0.25) is 5.91 Å². The molecule has 0 aromatic heterocycles. The van der Waals surface area contributed by atoms with E-state index < -0.39 is 17.8 Å². The summed E-state index contributed by atoms with van der Waals surface area (Å²) in [6, 6.07) is 13.0. The summed E-state index contributed by atoms with van der Waals surface area (Å²) in [5.41, 5.74) is 3.47. The number of nitrogens with one attached hydrogen (secondary N) is 1. The summed E-state index contributed by atoms with van der Waals surface area (Å²) < 4.78 is 20.2. The Morgan fingerprint density at radius 2 is 1.88 bits per heavy atom. The normalized spacial score (nSPS) is 17.3. The minimum absolute atomic E-state index is 0.0417. The standard InChI is InChI=1S/C25H24FN3O3S/c1-4-32-24(31)22-16(3)27-25-29(23(22)19-7-5-6-8-20(19)26)18(14-33-25)13-21(30)28-17-11-9-15(2)10-12-17/h5-12,14,23H,4,13H2,1-3H3,(H,28,30)/t23-/m0/s1. The fourth-order valence-corrected chi connectivity index (χ4v) is 4.80. The van der Waals surface area contributed by atoms with Crippen LogP contribution >= 0.6 is 11.8 Å². The van der Waals surface area contributed by atoms with E-state index in [1.165, 1.54) is 17.8 Å². The third kappa shape index (κ3) is 4.71. The highest BCUT2D eigenvalue weighted by Gasteiger charge is 2.42. The molecule has 6 nitrogen and oxygen atoms in total. The summed E-state index contributed by atoms with van der Waals surface area (Å²) >= 11 is 1.34. The number of hydrogen-bond donors (Lipinski definition) is 1. The van der Waals surface area contributed by atoms with Crippen LogP contribution in [0.3, 0.4) is 0 Å². The lowest BCUT2D eigenvalue weighted by Crippen LogP contribution is -2.38. The lowest BCUT2D eigenvalue weighted by Gasteiger charge is -2.36. The second-order valence-corrected chi connectivity index (χ2v) is 8.56. The summed E-state index contributed by atoms with van der Waals surface area (Å²) in [5, 5.41) is 5.30. The SMILES string of the molecule is CCOC(=O)C1=C(C)N=C2SC=C(CC(=O)Nc3ccc(C)cc3)N2[C@H]1c1ccccc1F. The number of anilines is 1. The average molecular weight is 466 g/mol. The number of carbonyl (C=O) groups excluding carboxylic acids is 2. The monoisotopic (exact) mass is 465 g/mol. The number of thioether (sulfide) groups is 1. The van der Waals surface area contributed by atoms with Gasteiger partial charge in [0.15, 0.2) is 5.17 Å². The van der Waals surface area contributed by atoms with Gasteiger partial charge in [0.1, 0.15) is 5.82 Å². The highest BCUT2D eigenvalue weighted by molar-refractivity contribution is 8.16. The van der Waals surface area contributed by atoms with E-state index in [0.29, 0.717) is 27.8 Å². The number of amides is 1. The Kier molecular flexibility index (Phi) is 6.65. The zero-order valence-corrected chi connectivity index (χ0v) is 19.4. The van der Waals surface area contributed by atoms with E-state index in [1.807, 2.05) is 36.6 Å². The third-order valence-electron chi connectivity index (χ3n) is 5.37. The number of amidine groups is 1. The molecule has 8 heteroatoms. The van der Waals surface area contributed by atoms with E-state index in [9.17, 15) is 14.0 Å². The zero-order valence-electron chi connectivity index (χ0n) is 18.6. The molecule has 0 bridgehead atoms. The van der Waals surface area contributed by atoms with E-state index in [4.69, 9.17) is 4.74 Å². The zero-order chi connectivity index (χ0) is 23.5. The van der Waals surface area contributed by atoms with Gasteiger partial charge in [-0.3, -0.25) is 4.79 Å². The first kappa shape index (κ1) is 22.8. The molecule has 2 aromatic carbocycles. The largest absolute Gasteiger partial charge is 0.463 e. The van der Waals surface area contributed by atoms with Crippen molar-refractivity contribution in [2.24, 2.45) is 4.99 Å². The highest BCUT2D eigenvalue weighted by Crippen LogP contribution is 2.45. The van der Waals surface area contributed by atoms with Crippen LogP contribution in [0.2, 0.25) is 0 Å². The number of rotatable bonds is 6. The molecule has 2 heterocycles. The molecule has 1 atom stereocenters. The van der Waals surface area contributed by atoms with E-state index in [-0.39, 0.29) is 24.5 Å². The molecule has 0 radical (unpaired) electrons. The maximum Gasteiger partial charge on any atom is 0.338 e. The molecule has 2 aliphatic heterocycles. The minimum atomic E-state index is -0.786. The summed E-state index contributed by atoms with van der Waals surface area (Å²) in [6.07, 6.45) is 0.0417. The summed E-state index contributed by atoms with van der Waals surface area (Å²) in [6.45, 7) is 5.60. The van der Waals surface area contributed by atoms with E-state index in [1.54, 1.807) is 36.9 Å². The predicted molar refractivity (Wildman–Crippen MR) is 128 cm³/mol. The second kappa shape index (κ2) is 9.62. The molecule has 0 saturated heterocycles. The summed E-state index contributed by atoms with van der Waals surface area (Å²) in [4.78, 5) is 32.0. The number of carbonyl (C=O) groups is 2. The maximum atomic E-state index is 14.9. The Labute approximate surface area is 196 Å². The van der Waals surface area contributed by atoms with Gasteiger partial charge in [0, 0.05) is 16.9 Å². The summed E-state index contributed by atoms with van der Waals surface area (Å²) in [5.74, 6) is -1.21. The Morgan fingerprint density at radius 1 is 1.15 bits per heavy atom. The van der Waals surface area contributed by atoms with Crippen LogP contribution < -0.4 is 5.32 Å². The second-order valence-electron chi connectivity index (χ2n) is 7.73. The van der Waals surface area contributed by atoms with Gasteiger partial charge in [0.25, 0.3) is 0 Å². The minimum Gasteiger partial charge on any atom is -0.463 e. The van der Waals surface area contributed by atoms with E-state index >= 15 is 0 Å². The van der Waals surface area contributed by atoms with E-state index in [2.05, 4.69) is 10.3 Å². The molecule has 0 saturated carbocycles. The molecular formula is C25H24FN3O3S. The molecule has 170 valence electrons. The van der Waals surface area contributed by atoms with Crippen molar-refractivity contribution in [3.63, 3.8) is 0 Å². The van der Waals surface area contributed by atoms with Gasteiger partial charge in [-0.1, -0.05) is 47.7 Å². The van der Waals surface area contributed by atoms with Gasteiger partial charge in [0.05, 0.1) is 30.3 Å². The van der Waals surface area contributed by atoms with Gasteiger partial charge < -0.3 is 15.0 Å². The quantitative estimate of drug-likeness (QED) is 0.586. The van der Waals surface area contributed by atoms with Crippen LogP contribution in [0.4, 0.5) is 10.1 Å². The summed E-state index contributed by atoms with van der Waals surface area (Å²) in [7, 11) is 0. The number of aryl methyl sites for hydroxylation is 1. The Bertz CT molecular complexity index is 1190. The lowest BCUT2D eigenvalue weighted by molar-refractivity contribution is -0.139. The van der Waals surface area contributed by atoms with Crippen LogP contribution in [-0.4, -0.2) is 28.6 Å². The molecule has 1 amide bonds. The first-order valence-electron chi connectivity index (χ1n) is 10.6. The van der Waals surface area contributed by atoms with Crippen molar-refractivity contribution in [2.75, 3.05) is 11.9 Å². The molecule has 2 aliphatic rings. The third-order valence-corrected chi connectivity index (χ3v) is 6.26. The van der Waals surface area contributed by atoms with Gasteiger partial charge in [-0.05, 0) is 44.4 Å². The molecule has 33 heavy (non-hydrogen) atoms. The van der Waals surface area contributed by atoms with Crippen molar-refractivity contribution in [1.82, 2.24) is 4.90 Å². The lowest BCUT2D eigenvalue weighted by atomic mass is 9.93. The first-order valence-corrected chi connectivity index (χ1v) is 11.5. The Hall–Kier alpha value is -3.39. The molecular weight excluding hydrogens is 441 g/mol. The van der Waals surface area contributed by atoms with Crippen molar-refractivity contribution in [3.8, 4) is 0 Å². The number of esters is 1.